The van der Waals surface area contributed by atoms with E-state index in [1.165, 1.54) is 23.1 Å². The highest BCUT2D eigenvalue weighted by atomic mass is 32.2. The molecular formula is C16H21N5O3S2. The van der Waals surface area contributed by atoms with E-state index in [1.54, 1.807) is 7.11 Å². The van der Waals surface area contributed by atoms with Crippen LogP contribution in [0, 0.1) is 5.92 Å². The number of nitrogens with one attached hydrogen (secondary N) is 2. The standard InChI is InChI=1S/C16H21N5O3S2/c1-9(2)12(13(22)19-14(17)23)25-16-21-20-15(26-16)18-8-10-4-6-11(24-3)7-5-10/h4-7,9,12H,8H2,1-3H3,(H,18,20)(H3,17,19,22,23)/t12-/m1/s1. The number of benzene rings is 1. The van der Waals surface area contributed by atoms with Gasteiger partial charge in [-0.05, 0) is 23.6 Å². The van der Waals surface area contributed by atoms with Crippen LogP contribution >= 0.6 is 23.1 Å². The molecule has 8 nitrogen and oxygen atoms in total. The molecule has 1 aromatic heterocycles. The molecule has 3 amide bonds. The van der Waals surface area contributed by atoms with Crippen molar-refractivity contribution >= 4 is 40.2 Å². The van der Waals surface area contributed by atoms with Gasteiger partial charge < -0.3 is 15.8 Å². The molecule has 1 heterocycles. The van der Waals surface area contributed by atoms with E-state index in [-0.39, 0.29) is 5.92 Å². The first-order chi connectivity index (χ1) is 12.4. The summed E-state index contributed by atoms with van der Waals surface area (Å²) < 4.78 is 5.77. The second-order valence-electron chi connectivity index (χ2n) is 5.71. The number of methoxy groups -OCH3 is 1. The number of hydrogen-bond donors (Lipinski definition) is 3. The maximum Gasteiger partial charge on any atom is 0.318 e. The Labute approximate surface area is 159 Å². The lowest BCUT2D eigenvalue weighted by Crippen LogP contribution is -2.42. The van der Waals surface area contributed by atoms with Crippen molar-refractivity contribution in [1.82, 2.24) is 15.5 Å². The SMILES string of the molecule is COc1ccc(CNc2nnc(S[C@@H](C(=O)NC(N)=O)C(C)C)s2)cc1. The number of aromatic nitrogens is 2. The fraction of sp³-hybridized carbons (Fsp3) is 0.375. The van der Waals surface area contributed by atoms with Gasteiger partial charge in [-0.25, -0.2) is 4.79 Å². The molecule has 0 aliphatic carbocycles. The van der Waals surface area contributed by atoms with Gasteiger partial charge in [0.05, 0.1) is 12.4 Å². The molecule has 2 rings (SSSR count). The second-order valence-corrected chi connectivity index (χ2v) is 8.08. The van der Waals surface area contributed by atoms with Gasteiger partial charge in [0.25, 0.3) is 0 Å². The van der Waals surface area contributed by atoms with Gasteiger partial charge in [0.1, 0.15) is 5.75 Å². The van der Waals surface area contributed by atoms with Crippen LogP contribution in [0.25, 0.3) is 0 Å². The average molecular weight is 396 g/mol. The monoisotopic (exact) mass is 395 g/mol. The Morgan fingerprint density at radius 2 is 1.96 bits per heavy atom. The number of anilines is 1. The zero-order chi connectivity index (χ0) is 19.1. The number of ether oxygens (including phenoxy) is 1. The maximum absolute atomic E-state index is 12.1. The number of thioether (sulfide) groups is 1. The normalized spacial score (nSPS) is 11.8. The van der Waals surface area contributed by atoms with Gasteiger partial charge in [-0.1, -0.05) is 49.1 Å². The average Bonchev–Trinajstić information content (AvgIpc) is 3.05. The van der Waals surface area contributed by atoms with Crippen LogP contribution in [0.2, 0.25) is 0 Å². The van der Waals surface area contributed by atoms with E-state index in [9.17, 15) is 9.59 Å². The summed E-state index contributed by atoms with van der Waals surface area (Å²) in [5, 5.41) is 13.7. The van der Waals surface area contributed by atoms with E-state index < -0.39 is 17.2 Å². The van der Waals surface area contributed by atoms with Crippen LogP contribution in [-0.2, 0) is 11.3 Å². The fourth-order valence-corrected chi connectivity index (χ4v) is 4.00. The Hall–Kier alpha value is -2.33. The van der Waals surface area contributed by atoms with Crippen LogP contribution in [0.5, 0.6) is 5.75 Å². The molecule has 1 atom stereocenters. The summed E-state index contributed by atoms with van der Waals surface area (Å²) in [6.07, 6.45) is 0. The fourth-order valence-electron chi connectivity index (χ4n) is 2.04. The summed E-state index contributed by atoms with van der Waals surface area (Å²) in [7, 11) is 1.63. The number of carbonyl (C=O) groups excluding carboxylic acids is 2. The summed E-state index contributed by atoms with van der Waals surface area (Å²) in [4.78, 5) is 23.0. The molecule has 0 saturated carbocycles. The largest absolute Gasteiger partial charge is 0.497 e. The third-order valence-electron chi connectivity index (χ3n) is 3.35. The number of hydrogen-bond acceptors (Lipinski definition) is 8. The summed E-state index contributed by atoms with van der Waals surface area (Å²) in [5.74, 6) is 0.372. The summed E-state index contributed by atoms with van der Waals surface area (Å²) in [6.45, 7) is 4.38. The first kappa shape index (κ1) is 20.0. The number of imide groups is 1. The van der Waals surface area contributed by atoms with Crippen molar-refractivity contribution in [3.63, 3.8) is 0 Å². The smallest absolute Gasteiger partial charge is 0.318 e. The van der Waals surface area contributed by atoms with Crippen molar-refractivity contribution in [3.8, 4) is 5.75 Å². The summed E-state index contributed by atoms with van der Waals surface area (Å²) in [6, 6.07) is 6.85. The van der Waals surface area contributed by atoms with E-state index in [2.05, 4.69) is 20.8 Å². The number of nitrogens with zero attached hydrogens (tertiary/aromatic N) is 2. The molecule has 26 heavy (non-hydrogen) atoms. The van der Waals surface area contributed by atoms with Crippen LogP contribution in [0.3, 0.4) is 0 Å². The molecule has 2 aromatic rings. The minimum Gasteiger partial charge on any atom is -0.497 e. The summed E-state index contributed by atoms with van der Waals surface area (Å²) in [5.41, 5.74) is 6.10. The number of rotatable bonds is 8. The topological polar surface area (TPSA) is 119 Å². The molecule has 0 aliphatic rings. The van der Waals surface area contributed by atoms with Gasteiger partial charge in [0, 0.05) is 6.54 Å². The van der Waals surface area contributed by atoms with Gasteiger partial charge in [-0.15, -0.1) is 10.2 Å². The molecule has 0 saturated heterocycles. The number of urea groups is 1. The lowest BCUT2D eigenvalue weighted by molar-refractivity contribution is -0.120. The van der Waals surface area contributed by atoms with Gasteiger partial charge in [0.15, 0.2) is 4.34 Å². The van der Waals surface area contributed by atoms with Crippen LogP contribution in [0.15, 0.2) is 28.6 Å². The Kier molecular flexibility index (Phi) is 7.22. The zero-order valence-electron chi connectivity index (χ0n) is 14.7. The predicted molar refractivity (Wildman–Crippen MR) is 102 cm³/mol. The minimum absolute atomic E-state index is 0.000965. The molecule has 140 valence electrons. The Morgan fingerprint density at radius 3 is 2.54 bits per heavy atom. The third kappa shape index (κ3) is 5.88. The van der Waals surface area contributed by atoms with Crippen LogP contribution < -0.4 is 21.1 Å². The van der Waals surface area contributed by atoms with E-state index >= 15 is 0 Å². The van der Waals surface area contributed by atoms with Crippen molar-refractivity contribution in [2.45, 2.75) is 30.0 Å². The molecule has 0 aliphatic heterocycles. The minimum atomic E-state index is -0.861. The van der Waals surface area contributed by atoms with Gasteiger partial charge in [-0.2, -0.15) is 0 Å². The van der Waals surface area contributed by atoms with Crippen molar-refractivity contribution in [3.05, 3.63) is 29.8 Å². The summed E-state index contributed by atoms with van der Waals surface area (Å²) >= 11 is 2.61. The first-order valence-electron chi connectivity index (χ1n) is 7.86. The Morgan fingerprint density at radius 1 is 1.27 bits per heavy atom. The lowest BCUT2D eigenvalue weighted by atomic mass is 10.1. The number of amides is 3. The molecule has 0 bridgehead atoms. The highest BCUT2D eigenvalue weighted by Crippen LogP contribution is 2.32. The van der Waals surface area contributed by atoms with Gasteiger partial charge >= 0.3 is 6.03 Å². The maximum atomic E-state index is 12.1. The van der Waals surface area contributed by atoms with Crippen molar-refractivity contribution in [1.29, 1.82) is 0 Å². The van der Waals surface area contributed by atoms with Gasteiger partial charge in [0.2, 0.25) is 11.0 Å². The molecule has 1 aromatic carbocycles. The molecule has 10 heteroatoms. The first-order valence-corrected chi connectivity index (χ1v) is 9.56. The zero-order valence-corrected chi connectivity index (χ0v) is 16.3. The van der Waals surface area contributed by atoms with Crippen LogP contribution in [-0.4, -0.2) is 34.5 Å². The van der Waals surface area contributed by atoms with E-state index in [0.717, 1.165) is 11.3 Å². The highest BCUT2D eigenvalue weighted by molar-refractivity contribution is 8.02. The Bertz CT molecular complexity index is 749. The number of carbonyl (C=O) groups is 2. The van der Waals surface area contributed by atoms with Crippen LogP contribution in [0.4, 0.5) is 9.93 Å². The molecule has 0 radical (unpaired) electrons. The van der Waals surface area contributed by atoms with E-state index in [4.69, 9.17) is 10.5 Å². The number of nitrogens with two attached hydrogens (primary N) is 1. The molecule has 0 fully saturated rings. The van der Waals surface area contributed by atoms with Crippen molar-refractivity contribution < 1.29 is 14.3 Å². The van der Waals surface area contributed by atoms with E-state index in [1.807, 2.05) is 38.1 Å². The Balaban J connectivity index is 1.94. The van der Waals surface area contributed by atoms with Crippen molar-refractivity contribution in [2.75, 3.05) is 12.4 Å². The van der Waals surface area contributed by atoms with Crippen LogP contribution in [0.1, 0.15) is 19.4 Å². The lowest BCUT2D eigenvalue weighted by Gasteiger charge is -2.16. The molecule has 0 spiro atoms. The van der Waals surface area contributed by atoms with E-state index in [0.29, 0.717) is 16.0 Å². The number of primary amides is 1. The quantitative estimate of drug-likeness (QED) is 0.587. The molecular weight excluding hydrogens is 374 g/mol. The predicted octanol–water partition coefficient (Wildman–Crippen LogP) is 2.47. The van der Waals surface area contributed by atoms with Crippen molar-refractivity contribution in [2.24, 2.45) is 11.7 Å². The molecule has 0 unspecified atom stereocenters. The second kappa shape index (κ2) is 9.39. The molecule has 4 N–H and O–H groups in total. The highest BCUT2D eigenvalue weighted by Gasteiger charge is 2.26. The third-order valence-corrected chi connectivity index (χ3v) is 5.86. The van der Waals surface area contributed by atoms with Gasteiger partial charge in [-0.3, -0.25) is 10.1 Å².